The van der Waals surface area contributed by atoms with Crippen LogP contribution in [0.2, 0.25) is 0 Å². The van der Waals surface area contributed by atoms with Crippen LogP contribution in [0, 0.1) is 5.92 Å². The first-order chi connectivity index (χ1) is 7.27. The summed E-state index contributed by atoms with van der Waals surface area (Å²) in [7, 11) is 0. The first-order valence-electron chi connectivity index (χ1n) is 5.16. The molecule has 1 saturated heterocycles. The molecule has 1 fully saturated rings. The first kappa shape index (κ1) is 12.5. The normalized spacial score (nSPS) is 19.5. The summed E-state index contributed by atoms with van der Waals surface area (Å²) in [6.45, 7) is 2.26. The van der Waals surface area contributed by atoms with Crippen molar-refractivity contribution in [3.8, 4) is 0 Å². The van der Waals surface area contributed by atoms with E-state index in [1.54, 1.807) is 0 Å². The van der Waals surface area contributed by atoms with Crippen LogP contribution in [-0.4, -0.2) is 37.3 Å². The van der Waals surface area contributed by atoms with Gasteiger partial charge in [-0.05, 0) is 38.3 Å². The summed E-state index contributed by atoms with van der Waals surface area (Å²) in [5.74, 6) is 0.148. The van der Waals surface area contributed by atoms with Crippen LogP contribution in [0.4, 0.5) is 0 Å². The van der Waals surface area contributed by atoms with Crippen molar-refractivity contribution in [2.24, 2.45) is 5.92 Å². The second-order valence-corrected chi connectivity index (χ2v) is 4.02. The van der Waals surface area contributed by atoms with Gasteiger partial charge in [0.05, 0.1) is 5.88 Å². The fourth-order valence-corrected chi connectivity index (χ4v) is 2.01. The van der Waals surface area contributed by atoms with Crippen molar-refractivity contribution in [1.82, 2.24) is 5.32 Å². The number of rotatable bonds is 6. The molecule has 0 aromatic rings. The second-order valence-electron chi connectivity index (χ2n) is 3.75. The number of ether oxygens (including phenoxy) is 1. The molecule has 0 spiro atoms. The molecule has 4 nitrogen and oxygen atoms in total. The van der Waals surface area contributed by atoms with E-state index in [0.717, 1.165) is 25.9 Å². The van der Waals surface area contributed by atoms with Crippen LogP contribution in [0.3, 0.4) is 0 Å². The molecule has 0 amide bonds. The van der Waals surface area contributed by atoms with E-state index in [9.17, 15) is 9.59 Å². The van der Waals surface area contributed by atoms with Gasteiger partial charge in [-0.3, -0.25) is 9.59 Å². The van der Waals surface area contributed by atoms with Crippen LogP contribution >= 0.6 is 11.6 Å². The van der Waals surface area contributed by atoms with Crippen molar-refractivity contribution in [1.29, 1.82) is 0 Å². The molecule has 0 aliphatic carbocycles. The molecule has 1 aliphatic rings. The van der Waals surface area contributed by atoms with Crippen molar-refractivity contribution < 1.29 is 14.3 Å². The number of Topliss-reactive ketones (excluding diaryl/α,β-unsaturated/α-hetero) is 1. The van der Waals surface area contributed by atoms with E-state index in [-0.39, 0.29) is 11.7 Å². The van der Waals surface area contributed by atoms with E-state index in [1.807, 2.05) is 0 Å². The summed E-state index contributed by atoms with van der Waals surface area (Å²) >= 11 is 5.44. The van der Waals surface area contributed by atoms with Gasteiger partial charge in [0.15, 0.2) is 11.9 Å². The zero-order valence-corrected chi connectivity index (χ0v) is 9.33. The van der Waals surface area contributed by atoms with Gasteiger partial charge in [0, 0.05) is 0 Å². The van der Waals surface area contributed by atoms with Crippen molar-refractivity contribution in [2.75, 3.05) is 19.0 Å². The minimum atomic E-state index is -0.650. The molecule has 1 N–H and O–H groups in total. The Morgan fingerprint density at radius 2 is 2.20 bits per heavy atom. The van der Waals surface area contributed by atoms with Crippen molar-refractivity contribution in [3.63, 3.8) is 0 Å². The minimum Gasteiger partial charge on any atom is -0.457 e. The van der Waals surface area contributed by atoms with Gasteiger partial charge in [-0.25, -0.2) is 0 Å². The highest BCUT2D eigenvalue weighted by molar-refractivity contribution is 6.28. The number of hydrogen-bond donors (Lipinski definition) is 1. The number of ketones is 1. The molecule has 1 aliphatic heterocycles. The summed E-state index contributed by atoms with van der Waals surface area (Å²) in [6, 6.07) is 0. The van der Waals surface area contributed by atoms with Gasteiger partial charge in [-0.1, -0.05) is 0 Å². The highest BCUT2D eigenvalue weighted by Crippen LogP contribution is 2.19. The lowest BCUT2D eigenvalue weighted by atomic mass is 9.91. The lowest BCUT2D eigenvalue weighted by Crippen LogP contribution is -2.33. The number of alkyl halides is 1. The second kappa shape index (κ2) is 6.80. The SMILES string of the molecule is O=COC(CC1CCNCC1)C(=O)CCl. The quantitative estimate of drug-likeness (QED) is 0.543. The van der Waals surface area contributed by atoms with E-state index in [1.165, 1.54) is 0 Å². The summed E-state index contributed by atoms with van der Waals surface area (Å²) in [5, 5.41) is 3.24. The van der Waals surface area contributed by atoms with Gasteiger partial charge >= 0.3 is 0 Å². The maximum Gasteiger partial charge on any atom is 0.293 e. The highest BCUT2D eigenvalue weighted by atomic mass is 35.5. The molecule has 1 heterocycles. The van der Waals surface area contributed by atoms with E-state index in [0.29, 0.717) is 18.8 Å². The first-order valence-corrected chi connectivity index (χ1v) is 5.70. The van der Waals surface area contributed by atoms with Gasteiger partial charge in [0.2, 0.25) is 0 Å². The minimum absolute atomic E-state index is 0.0938. The molecule has 0 aromatic carbocycles. The molecular weight excluding hydrogens is 218 g/mol. The average Bonchev–Trinajstić information content (AvgIpc) is 2.29. The molecule has 0 aromatic heterocycles. The Morgan fingerprint density at radius 3 is 2.73 bits per heavy atom. The molecule has 86 valence electrons. The van der Waals surface area contributed by atoms with Crippen molar-refractivity contribution in [3.05, 3.63) is 0 Å². The van der Waals surface area contributed by atoms with Gasteiger partial charge in [-0.15, -0.1) is 11.6 Å². The summed E-state index contributed by atoms with van der Waals surface area (Å²) in [4.78, 5) is 21.6. The number of carbonyl (C=O) groups is 2. The molecule has 5 heteroatoms. The Kier molecular flexibility index (Phi) is 5.65. The predicted molar refractivity (Wildman–Crippen MR) is 56.9 cm³/mol. The smallest absolute Gasteiger partial charge is 0.293 e. The Balaban J connectivity index is 2.41. The lowest BCUT2D eigenvalue weighted by molar-refractivity contribution is -0.143. The highest BCUT2D eigenvalue weighted by Gasteiger charge is 2.24. The Bertz CT molecular complexity index is 217. The monoisotopic (exact) mass is 233 g/mol. The molecule has 1 rings (SSSR count). The molecule has 1 atom stereocenters. The Morgan fingerprint density at radius 1 is 1.53 bits per heavy atom. The van der Waals surface area contributed by atoms with E-state index in [2.05, 4.69) is 5.32 Å². The maximum atomic E-state index is 11.3. The lowest BCUT2D eigenvalue weighted by Gasteiger charge is -2.25. The maximum absolute atomic E-state index is 11.3. The molecular formula is C10H16ClNO3. The average molecular weight is 234 g/mol. The molecule has 0 radical (unpaired) electrons. The van der Waals surface area contributed by atoms with Gasteiger partial charge in [0.1, 0.15) is 0 Å². The number of hydrogen-bond acceptors (Lipinski definition) is 4. The number of piperidine rings is 1. The molecule has 1 unspecified atom stereocenters. The molecule has 15 heavy (non-hydrogen) atoms. The van der Waals surface area contributed by atoms with Crippen LogP contribution in [0.25, 0.3) is 0 Å². The van der Waals surface area contributed by atoms with Crippen molar-refractivity contribution in [2.45, 2.75) is 25.4 Å². The largest absolute Gasteiger partial charge is 0.457 e. The van der Waals surface area contributed by atoms with Crippen LogP contribution in [0.5, 0.6) is 0 Å². The zero-order chi connectivity index (χ0) is 11.1. The number of halogens is 1. The molecule has 0 saturated carbocycles. The Hall–Kier alpha value is -0.610. The van der Waals surface area contributed by atoms with E-state index < -0.39 is 6.10 Å². The van der Waals surface area contributed by atoms with E-state index >= 15 is 0 Å². The fraction of sp³-hybridized carbons (Fsp3) is 0.800. The van der Waals surface area contributed by atoms with Gasteiger partial charge in [0.25, 0.3) is 6.47 Å². The standard InChI is InChI=1S/C10H16ClNO3/c11-6-9(14)10(15-7-13)5-8-1-3-12-4-2-8/h7-8,10,12H,1-6H2. The van der Waals surface area contributed by atoms with E-state index in [4.69, 9.17) is 16.3 Å². The van der Waals surface area contributed by atoms with Crippen LogP contribution < -0.4 is 5.32 Å². The van der Waals surface area contributed by atoms with Crippen LogP contribution in [0.1, 0.15) is 19.3 Å². The van der Waals surface area contributed by atoms with Crippen LogP contribution in [-0.2, 0) is 14.3 Å². The van der Waals surface area contributed by atoms with Crippen LogP contribution in [0.15, 0.2) is 0 Å². The fourth-order valence-electron chi connectivity index (χ4n) is 1.84. The molecule has 0 bridgehead atoms. The third-order valence-corrected chi connectivity index (χ3v) is 2.98. The topological polar surface area (TPSA) is 55.4 Å². The predicted octanol–water partition coefficient (Wildman–Crippen LogP) is 0.726. The summed E-state index contributed by atoms with van der Waals surface area (Å²) < 4.78 is 4.76. The summed E-state index contributed by atoms with van der Waals surface area (Å²) in [6.07, 6.45) is 2.00. The third kappa shape index (κ3) is 4.18. The number of nitrogens with one attached hydrogen (secondary N) is 1. The van der Waals surface area contributed by atoms with Gasteiger partial charge in [-0.2, -0.15) is 0 Å². The third-order valence-electron chi connectivity index (χ3n) is 2.72. The Labute approximate surface area is 94.3 Å². The van der Waals surface area contributed by atoms with Crippen molar-refractivity contribution >= 4 is 23.9 Å². The summed E-state index contributed by atoms with van der Waals surface area (Å²) in [5.41, 5.74) is 0. The zero-order valence-electron chi connectivity index (χ0n) is 8.58. The number of carbonyl (C=O) groups excluding carboxylic acids is 2. The van der Waals surface area contributed by atoms with Gasteiger partial charge < -0.3 is 10.1 Å².